The number of halogens is 1. The number of benzene rings is 1. The van der Waals surface area contributed by atoms with Crippen LogP contribution in [0.1, 0.15) is 45.1 Å². The van der Waals surface area contributed by atoms with Gasteiger partial charge in [-0.25, -0.2) is 4.39 Å². The fourth-order valence-electron chi connectivity index (χ4n) is 3.56. The van der Waals surface area contributed by atoms with Crippen molar-refractivity contribution in [2.45, 2.75) is 46.0 Å². The molecule has 1 N–H and O–H groups in total. The lowest BCUT2D eigenvalue weighted by molar-refractivity contribution is -0.138. The molecule has 0 aliphatic heterocycles. The molecule has 138 valence electrons. The van der Waals surface area contributed by atoms with Crippen LogP contribution >= 0.6 is 0 Å². The molecule has 4 nitrogen and oxygen atoms in total. The lowest BCUT2D eigenvalue weighted by Crippen LogP contribution is -2.40. The van der Waals surface area contributed by atoms with Crippen LogP contribution in [0.15, 0.2) is 24.3 Å². The van der Waals surface area contributed by atoms with Crippen LogP contribution < -0.4 is 5.32 Å². The quantitative estimate of drug-likeness (QED) is 0.823. The summed E-state index contributed by atoms with van der Waals surface area (Å²) in [5, 5.41) is 2.92. The topological polar surface area (TPSA) is 49.4 Å². The Morgan fingerprint density at radius 2 is 1.68 bits per heavy atom. The van der Waals surface area contributed by atoms with Crippen molar-refractivity contribution in [2.75, 3.05) is 19.6 Å². The van der Waals surface area contributed by atoms with E-state index in [4.69, 9.17) is 0 Å². The second kappa shape index (κ2) is 9.54. The van der Waals surface area contributed by atoms with Gasteiger partial charge in [0.1, 0.15) is 5.82 Å². The number of nitrogens with one attached hydrogen (secondary N) is 1. The molecule has 5 heteroatoms. The van der Waals surface area contributed by atoms with E-state index in [1.54, 1.807) is 18.2 Å². The summed E-state index contributed by atoms with van der Waals surface area (Å²) in [4.78, 5) is 26.6. The van der Waals surface area contributed by atoms with Gasteiger partial charge >= 0.3 is 0 Å². The first-order valence-corrected chi connectivity index (χ1v) is 9.36. The normalized spacial score (nSPS) is 20.1. The Morgan fingerprint density at radius 3 is 2.28 bits per heavy atom. The molecular formula is C20H29FN2O2. The summed E-state index contributed by atoms with van der Waals surface area (Å²) < 4.78 is 13.6. The van der Waals surface area contributed by atoms with E-state index >= 15 is 0 Å². The molecule has 0 spiro atoms. The minimum absolute atomic E-state index is 0.0265. The van der Waals surface area contributed by atoms with Crippen molar-refractivity contribution in [3.63, 3.8) is 0 Å². The number of rotatable bonds is 7. The lowest BCUT2D eigenvalue weighted by Gasteiger charge is -2.30. The van der Waals surface area contributed by atoms with Gasteiger partial charge in [-0.1, -0.05) is 18.2 Å². The standard InChI is InChI=1S/C20H29FN2O2/c1-3-23(4-2)20(25)17-11-9-16(10-12-17)19(24)22-14-13-15-7-5-6-8-18(15)21/h5-8,16-17H,3-4,9-14H2,1-2H3,(H,22,24). The maximum absolute atomic E-state index is 13.6. The van der Waals surface area contributed by atoms with E-state index in [2.05, 4.69) is 5.32 Å². The Morgan fingerprint density at radius 1 is 1.08 bits per heavy atom. The van der Waals surface area contributed by atoms with Crippen molar-refractivity contribution >= 4 is 11.8 Å². The van der Waals surface area contributed by atoms with E-state index < -0.39 is 0 Å². The van der Waals surface area contributed by atoms with Gasteiger partial charge in [-0.15, -0.1) is 0 Å². The van der Waals surface area contributed by atoms with Gasteiger partial charge in [-0.3, -0.25) is 9.59 Å². The summed E-state index contributed by atoms with van der Waals surface area (Å²) in [6, 6.07) is 6.64. The molecule has 1 saturated carbocycles. The van der Waals surface area contributed by atoms with Crippen LogP contribution in [0.3, 0.4) is 0 Å². The van der Waals surface area contributed by atoms with E-state index in [0.29, 0.717) is 18.5 Å². The predicted molar refractivity (Wildman–Crippen MR) is 96.5 cm³/mol. The predicted octanol–water partition coefficient (Wildman–Crippen LogP) is 3.16. The van der Waals surface area contributed by atoms with Gasteiger partial charge < -0.3 is 10.2 Å². The molecule has 0 atom stereocenters. The first-order valence-electron chi connectivity index (χ1n) is 9.36. The Kier molecular flexibility index (Phi) is 7.41. The molecule has 25 heavy (non-hydrogen) atoms. The SMILES string of the molecule is CCN(CC)C(=O)C1CCC(C(=O)NCCc2ccccc2F)CC1. The van der Waals surface area contributed by atoms with E-state index in [9.17, 15) is 14.0 Å². The highest BCUT2D eigenvalue weighted by atomic mass is 19.1. The first-order chi connectivity index (χ1) is 12.1. The summed E-state index contributed by atoms with van der Waals surface area (Å²) in [7, 11) is 0. The second-order valence-corrected chi connectivity index (χ2v) is 6.69. The van der Waals surface area contributed by atoms with E-state index in [-0.39, 0.29) is 29.5 Å². The van der Waals surface area contributed by atoms with Crippen LogP contribution in [-0.4, -0.2) is 36.3 Å². The van der Waals surface area contributed by atoms with Crippen LogP contribution in [0.25, 0.3) is 0 Å². The number of carbonyl (C=O) groups excluding carboxylic acids is 2. The zero-order valence-electron chi connectivity index (χ0n) is 15.3. The molecule has 0 unspecified atom stereocenters. The van der Waals surface area contributed by atoms with Crippen LogP contribution in [0.5, 0.6) is 0 Å². The highest BCUT2D eigenvalue weighted by Crippen LogP contribution is 2.30. The molecule has 1 aliphatic carbocycles. The van der Waals surface area contributed by atoms with E-state index in [1.807, 2.05) is 18.7 Å². The zero-order valence-corrected chi connectivity index (χ0v) is 15.3. The van der Waals surface area contributed by atoms with Crippen molar-refractivity contribution < 1.29 is 14.0 Å². The molecule has 1 aromatic rings. The van der Waals surface area contributed by atoms with Crippen molar-refractivity contribution in [3.8, 4) is 0 Å². The van der Waals surface area contributed by atoms with Gasteiger partial charge in [0.2, 0.25) is 11.8 Å². The van der Waals surface area contributed by atoms with E-state index in [1.165, 1.54) is 6.07 Å². The fourth-order valence-corrected chi connectivity index (χ4v) is 3.56. The minimum atomic E-state index is -0.229. The molecule has 2 rings (SSSR count). The van der Waals surface area contributed by atoms with Gasteiger partial charge in [0.05, 0.1) is 0 Å². The van der Waals surface area contributed by atoms with Gasteiger partial charge in [0.15, 0.2) is 0 Å². The summed E-state index contributed by atoms with van der Waals surface area (Å²) >= 11 is 0. The van der Waals surface area contributed by atoms with Crippen LogP contribution in [0.2, 0.25) is 0 Å². The molecule has 1 aliphatic rings. The third kappa shape index (κ3) is 5.28. The Bertz CT molecular complexity index is 579. The molecule has 1 fully saturated rings. The van der Waals surface area contributed by atoms with Crippen LogP contribution in [0, 0.1) is 17.7 Å². The molecule has 0 heterocycles. The molecular weight excluding hydrogens is 319 g/mol. The summed E-state index contributed by atoms with van der Waals surface area (Å²) in [6.07, 6.45) is 3.56. The lowest BCUT2D eigenvalue weighted by atomic mass is 9.81. The number of amides is 2. The minimum Gasteiger partial charge on any atom is -0.356 e. The fraction of sp³-hybridized carbons (Fsp3) is 0.600. The highest BCUT2D eigenvalue weighted by Gasteiger charge is 2.31. The van der Waals surface area contributed by atoms with Gasteiger partial charge in [0.25, 0.3) is 0 Å². The zero-order chi connectivity index (χ0) is 18.2. The van der Waals surface area contributed by atoms with Crippen molar-refractivity contribution in [1.29, 1.82) is 0 Å². The first kappa shape index (κ1) is 19.4. The smallest absolute Gasteiger partial charge is 0.225 e. The number of hydrogen-bond donors (Lipinski definition) is 1. The van der Waals surface area contributed by atoms with Crippen LogP contribution in [0.4, 0.5) is 4.39 Å². The summed E-state index contributed by atoms with van der Waals surface area (Å²) in [5.41, 5.74) is 0.622. The van der Waals surface area contributed by atoms with Crippen molar-refractivity contribution in [3.05, 3.63) is 35.6 Å². The Hall–Kier alpha value is -1.91. The number of nitrogens with zero attached hydrogens (tertiary/aromatic N) is 1. The van der Waals surface area contributed by atoms with Crippen LogP contribution in [-0.2, 0) is 16.0 Å². The Balaban J connectivity index is 1.74. The van der Waals surface area contributed by atoms with Crippen molar-refractivity contribution in [2.24, 2.45) is 11.8 Å². The third-order valence-corrected chi connectivity index (χ3v) is 5.17. The highest BCUT2D eigenvalue weighted by molar-refractivity contribution is 5.81. The molecule has 2 amide bonds. The number of hydrogen-bond acceptors (Lipinski definition) is 2. The van der Waals surface area contributed by atoms with Gasteiger partial charge in [-0.05, 0) is 57.6 Å². The number of carbonyl (C=O) groups is 2. The third-order valence-electron chi connectivity index (χ3n) is 5.17. The summed E-state index contributed by atoms with van der Waals surface area (Å²) in [6.45, 7) is 5.92. The molecule has 1 aromatic carbocycles. The molecule has 0 aromatic heterocycles. The molecule has 0 saturated heterocycles. The largest absolute Gasteiger partial charge is 0.356 e. The summed E-state index contributed by atoms with van der Waals surface area (Å²) in [5.74, 6) is 0.0596. The maximum Gasteiger partial charge on any atom is 0.225 e. The molecule has 0 bridgehead atoms. The van der Waals surface area contributed by atoms with Crippen molar-refractivity contribution in [1.82, 2.24) is 10.2 Å². The monoisotopic (exact) mass is 348 g/mol. The average Bonchev–Trinajstić information content (AvgIpc) is 2.64. The maximum atomic E-state index is 13.6. The average molecular weight is 348 g/mol. The second-order valence-electron chi connectivity index (χ2n) is 6.69. The van der Waals surface area contributed by atoms with Gasteiger partial charge in [0, 0.05) is 31.5 Å². The Labute approximate surface area is 149 Å². The van der Waals surface area contributed by atoms with E-state index in [0.717, 1.165) is 38.8 Å². The van der Waals surface area contributed by atoms with Gasteiger partial charge in [-0.2, -0.15) is 0 Å². The molecule has 0 radical (unpaired) electrons.